The summed E-state index contributed by atoms with van der Waals surface area (Å²) in [5.74, 6) is -5.86. The van der Waals surface area contributed by atoms with Crippen LogP contribution in [0.25, 0.3) is 11.1 Å². The van der Waals surface area contributed by atoms with Gasteiger partial charge in [0.25, 0.3) is 0 Å². The highest BCUT2D eigenvalue weighted by Gasteiger charge is 2.49. The van der Waals surface area contributed by atoms with Gasteiger partial charge in [0.1, 0.15) is 28.8 Å². The second-order valence-electron chi connectivity index (χ2n) is 9.82. The molecular formula is C29H24F10O3. The predicted octanol–water partition coefficient (Wildman–Crippen LogP) is 9.75. The number of ether oxygens (including phenoxy) is 3. The fraction of sp³-hybridized carbons (Fsp3) is 0.379. The van der Waals surface area contributed by atoms with Gasteiger partial charge in [-0.2, -0.15) is 17.6 Å². The van der Waals surface area contributed by atoms with Gasteiger partial charge < -0.3 is 9.47 Å². The Kier molecular flexibility index (Phi) is 9.12. The molecule has 0 bridgehead atoms. The van der Waals surface area contributed by atoms with E-state index in [2.05, 4.69) is 16.4 Å². The van der Waals surface area contributed by atoms with Crippen LogP contribution >= 0.6 is 0 Å². The standard InChI is InChI=1S/C29H24F10O3/c1-2-3-16-4-11-25(40-15-16)17-5-7-19(8-6-17)27(33,34)41-20-9-10-21(22(30)14-20)18-12-23(31)26(24(32)13-18)28(35,36)42-29(37,38)39/h5-10,12-14,16,25H,2-4,11,15H2,1H3. The number of rotatable bonds is 9. The maximum Gasteiger partial charge on any atom is 0.527 e. The van der Waals surface area contributed by atoms with Gasteiger partial charge in [-0.15, -0.1) is 13.2 Å². The summed E-state index contributed by atoms with van der Waals surface area (Å²) in [5, 5.41) is 0. The molecule has 1 heterocycles. The molecule has 3 aromatic carbocycles. The molecule has 0 aromatic heterocycles. The average molecular weight is 610 g/mol. The van der Waals surface area contributed by atoms with Crippen molar-refractivity contribution in [3.63, 3.8) is 0 Å². The van der Waals surface area contributed by atoms with Gasteiger partial charge in [0, 0.05) is 11.6 Å². The van der Waals surface area contributed by atoms with Crippen molar-refractivity contribution in [2.75, 3.05) is 6.61 Å². The number of halogens is 10. The molecule has 2 atom stereocenters. The molecule has 0 saturated carbocycles. The predicted molar refractivity (Wildman–Crippen MR) is 130 cm³/mol. The first-order valence-corrected chi connectivity index (χ1v) is 12.8. The molecule has 4 rings (SSSR count). The van der Waals surface area contributed by atoms with Gasteiger partial charge in [-0.25, -0.2) is 17.9 Å². The summed E-state index contributed by atoms with van der Waals surface area (Å²) in [4.78, 5) is 0. The van der Waals surface area contributed by atoms with Gasteiger partial charge >= 0.3 is 18.6 Å². The molecule has 42 heavy (non-hydrogen) atoms. The van der Waals surface area contributed by atoms with Gasteiger partial charge in [0.15, 0.2) is 0 Å². The summed E-state index contributed by atoms with van der Waals surface area (Å²) in [6.45, 7) is 2.68. The Labute approximate surface area is 234 Å². The van der Waals surface area contributed by atoms with E-state index in [1.165, 1.54) is 12.1 Å². The fourth-order valence-corrected chi connectivity index (χ4v) is 4.80. The Hall–Kier alpha value is -3.32. The van der Waals surface area contributed by atoms with Crippen LogP contribution < -0.4 is 4.74 Å². The van der Waals surface area contributed by atoms with Crippen LogP contribution in [-0.4, -0.2) is 13.0 Å². The topological polar surface area (TPSA) is 27.7 Å². The summed E-state index contributed by atoms with van der Waals surface area (Å²) < 4.78 is 150. The van der Waals surface area contributed by atoms with E-state index < -0.39 is 64.0 Å². The highest BCUT2D eigenvalue weighted by Crippen LogP contribution is 2.41. The van der Waals surface area contributed by atoms with Crippen LogP contribution in [0.15, 0.2) is 54.6 Å². The van der Waals surface area contributed by atoms with Crippen LogP contribution in [-0.2, 0) is 21.7 Å². The van der Waals surface area contributed by atoms with Crippen molar-refractivity contribution < 1.29 is 58.1 Å². The van der Waals surface area contributed by atoms with Crippen LogP contribution in [0.1, 0.15) is 55.4 Å². The summed E-state index contributed by atoms with van der Waals surface area (Å²) >= 11 is 0. The van der Waals surface area contributed by atoms with Crippen LogP contribution in [0, 0.1) is 23.4 Å². The minimum Gasteiger partial charge on any atom is -0.429 e. The van der Waals surface area contributed by atoms with Crippen molar-refractivity contribution in [1.29, 1.82) is 0 Å². The molecule has 1 aliphatic rings. The zero-order valence-corrected chi connectivity index (χ0v) is 21.9. The second-order valence-corrected chi connectivity index (χ2v) is 9.82. The maximum absolute atomic E-state index is 14.8. The number of hydrogen-bond donors (Lipinski definition) is 0. The van der Waals surface area contributed by atoms with E-state index in [9.17, 15) is 43.9 Å². The van der Waals surface area contributed by atoms with Gasteiger partial charge in [-0.1, -0.05) is 25.5 Å². The van der Waals surface area contributed by atoms with Gasteiger partial charge in [-0.05, 0) is 72.7 Å². The molecular weight excluding hydrogens is 586 g/mol. The Morgan fingerprint density at radius 3 is 1.95 bits per heavy atom. The van der Waals surface area contributed by atoms with Crippen LogP contribution in [0.2, 0.25) is 0 Å². The zero-order chi connectivity index (χ0) is 30.9. The van der Waals surface area contributed by atoms with E-state index in [1.54, 1.807) is 0 Å². The lowest BCUT2D eigenvalue weighted by Gasteiger charge is -2.29. The largest absolute Gasteiger partial charge is 0.527 e. The lowest BCUT2D eigenvalue weighted by atomic mass is 9.91. The molecule has 0 amide bonds. The third kappa shape index (κ3) is 7.35. The molecule has 0 spiro atoms. The number of alkyl halides is 7. The molecule has 2 unspecified atom stereocenters. The van der Waals surface area contributed by atoms with E-state index >= 15 is 0 Å². The first-order chi connectivity index (χ1) is 19.6. The summed E-state index contributed by atoms with van der Waals surface area (Å²) in [6, 6.07) is 7.67. The van der Waals surface area contributed by atoms with Crippen LogP contribution in [0.5, 0.6) is 5.75 Å². The Balaban J connectivity index is 1.48. The summed E-state index contributed by atoms with van der Waals surface area (Å²) in [7, 11) is 0. The van der Waals surface area contributed by atoms with E-state index in [0.717, 1.165) is 49.9 Å². The first-order valence-electron chi connectivity index (χ1n) is 12.8. The number of benzene rings is 3. The molecule has 13 heteroatoms. The molecule has 1 aliphatic heterocycles. The highest BCUT2D eigenvalue weighted by atomic mass is 19.4. The van der Waals surface area contributed by atoms with E-state index in [0.29, 0.717) is 24.2 Å². The molecule has 228 valence electrons. The van der Waals surface area contributed by atoms with Crippen molar-refractivity contribution >= 4 is 0 Å². The second kappa shape index (κ2) is 12.1. The Morgan fingerprint density at radius 2 is 1.43 bits per heavy atom. The minimum atomic E-state index is -5.92. The monoisotopic (exact) mass is 610 g/mol. The van der Waals surface area contributed by atoms with Crippen molar-refractivity contribution in [1.82, 2.24) is 0 Å². The molecule has 0 N–H and O–H groups in total. The van der Waals surface area contributed by atoms with E-state index in [1.807, 2.05) is 0 Å². The van der Waals surface area contributed by atoms with Crippen LogP contribution in [0.4, 0.5) is 43.9 Å². The Bertz CT molecular complexity index is 1360. The maximum atomic E-state index is 14.8. The third-order valence-corrected chi connectivity index (χ3v) is 6.76. The van der Waals surface area contributed by atoms with Gasteiger partial charge in [0.05, 0.1) is 18.3 Å². The molecule has 0 aliphatic carbocycles. The van der Waals surface area contributed by atoms with Crippen molar-refractivity contribution in [2.45, 2.75) is 57.3 Å². The molecule has 3 nitrogen and oxygen atoms in total. The zero-order valence-electron chi connectivity index (χ0n) is 21.9. The third-order valence-electron chi connectivity index (χ3n) is 6.76. The molecule has 1 fully saturated rings. The smallest absolute Gasteiger partial charge is 0.429 e. The van der Waals surface area contributed by atoms with E-state index in [4.69, 9.17) is 4.74 Å². The normalized spacial score (nSPS) is 18.3. The average Bonchev–Trinajstić information content (AvgIpc) is 2.87. The fourth-order valence-electron chi connectivity index (χ4n) is 4.80. The molecule has 0 radical (unpaired) electrons. The van der Waals surface area contributed by atoms with Crippen molar-refractivity contribution in [3.8, 4) is 16.9 Å². The van der Waals surface area contributed by atoms with E-state index in [-0.39, 0.29) is 18.2 Å². The first kappa shape index (κ1) is 31.6. The lowest BCUT2D eigenvalue weighted by Crippen LogP contribution is -2.29. The van der Waals surface area contributed by atoms with Gasteiger partial charge in [0.2, 0.25) is 0 Å². The van der Waals surface area contributed by atoms with Gasteiger partial charge in [-0.3, -0.25) is 0 Å². The quantitative estimate of drug-likeness (QED) is 0.226. The van der Waals surface area contributed by atoms with Crippen molar-refractivity contribution in [2.24, 2.45) is 5.92 Å². The SMILES string of the molecule is CCCC1CCC(c2ccc(C(F)(F)Oc3ccc(-c4cc(F)c(C(F)(F)OC(F)(F)F)c(F)c4)c(F)c3)cc2)OC1. The minimum absolute atomic E-state index is 0.154. The highest BCUT2D eigenvalue weighted by molar-refractivity contribution is 5.66. The lowest BCUT2D eigenvalue weighted by molar-refractivity contribution is -0.432. The number of hydrogen-bond acceptors (Lipinski definition) is 3. The van der Waals surface area contributed by atoms with Crippen molar-refractivity contribution in [3.05, 3.63) is 88.7 Å². The molecule has 1 saturated heterocycles. The Morgan fingerprint density at radius 1 is 0.786 bits per heavy atom. The molecule has 3 aromatic rings. The summed E-state index contributed by atoms with van der Waals surface area (Å²) in [6.07, 6.45) is -11.7. The summed E-state index contributed by atoms with van der Waals surface area (Å²) in [5.41, 5.74) is -3.50. The van der Waals surface area contributed by atoms with Crippen LogP contribution in [0.3, 0.4) is 0 Å².